The van der Waals surface area contributed by atoms with Gasteiger partial charge in [-0.2, -0.15) is 0 Å². The standard InChI is InChI=1S/C53H59NO12Si/c1-52(2,3)67(36-24-14-8-15-25-36,37-26-16-9-17-27-37)66-50-42(54-48(57)38-28-18-19-29-39(38)49(54)58)47(60-31-35-22-12-7-13-23-35)46(40(62-50)32-59-30-34-20-10-6-11-21-34)64-51-44(56)43(55)45-41(63-51)33-61-53(4,5)65-45/h6-29,40-47,50-51,55-56H,30-33H2,1-5H3/t40-,41-,42-,43-,44-,45+,46-,47-,50+,51+/m1/s1. The molecule has 10 atom stereocenters. The summed E-state index contributed by atoms with van der Waals surface area (Å²) in [6.07, 6.45) is -11.1. The topological polar surface area (TPSA) is 152 Å². The van der Waals surface area contributed by atoms with Gasteiger partial charge in [-0.1, -0.05) is 154 Å². The van der Waals surface area contributed by atoms with Crippen molar-refractivity contribution in [2.24, 2.45) is 0 Å². The molecule has 3 fully saturated rings. The molecule has 5 aromatic rings. The number of carbonyl (C=O) groups excluding carboxylic acids is 2. The van der Waals surface area contributed by atoms with Gasteiger partial charge in [-0.3, -0.25) is 14.5 Å². The van der Waals surface area contributed by atoms with E-state index in [2.05, 4.69) is 45.0 Å². The van der Waals surface area contributed by atoms with Crippen LogP contribution in [-0.2, 0) is 50.8 Å². The first-order valence-electron chi connectivity index (χ1n) is 22.9. The van der Waals surface area contributed by atoms with Gasteiger partial charge >= 0.3 is 0 Å². The number of imide groups is 1. The van der Waals surface area contributed by atoms with E-state index in [1.54, 1.807) is 38.1 Å². The van der Waals surface area contributed by atoms with Gasteiger partial charge in [0.05, 0.1) is 37.6 Å². The van der Waals surface area contributed by atoms with E-state index in [0.717, 1.165) is 21.5 Å². The van der Waals surface area contributed by atoms with Crippen LogP contribution in [0.2, 0.25) is 5.04 Å². The lowest BCUT2D eigenvalue weighted by molar-refractivity contribution is -0.396. The van der Waals surface area contributed by atoms with E-state index in [0.29, 0.717) is 0 Å². The second-order valence-corrected chi connectivity index (χ2v) is 23.3. The van der Waals surface area contributed by atoms with E-state index in [-0.39, 0.29) is 37.6 Å². The van der Waals surface area contributed by atoms with Crippen molar-refractivity contribution in [2.45, 2.75) is 120 Å². The molecule has 14 heteroatoms. The number of aliphatic hydroxyl groups excluding tert-OH is 2. The number of hydrogen-bond donors (Lipinski definition) is 2. The molecule has 3 saturated heterocycles. The number of hydrogen-bond acceptors (Lipinski definition) is 12. The molecule has 0 saturated carbocycles. The lowest BCUT2D eigenvalue weighted by atomic mass is 9.93. The number of nitrogens with zero attached hydrogens (tertiary/aromatic N) is 1. The average Bonchev–Trinajstić information content (AvgIpc) is 3.58. The van der Waals surface area contributed by atoms with E-state index in [1.807, 2.05) is 97.1 Å². The van der Waals surface area contributed by atoms with E-state index in [9.17, 15) is 19.8 Å². The number of rotatable bonds is 14. The monoisotopic (exact) mass is 929 g/mol. The summed E-state index contributed by atoms with van der Waals surface area (Å²) in [5, 5.41) is 24.8. The van der Waals surface area contributed by atoms with Crippen LogP contribution in [0.25, 0.3) is 0 Å². The second kappa shape index (κ2) is 19.6. The van der Waals surface area contributed by atoms with Crippen molar-refractivity contribution in [3.05, 3.63) is 168 Å². The maximum atomic E-state index is 14.9. The highest BCUT2D eigenvalue weighted by molar-refractivity contribution is 6.99. The van der Waals surface area contributed by atoms with Gasteiger partial charge in [-0.25, -0.2) is 0 Å². The summed E-state index contributed by atoms with van der Waals surface area (Å²) >= 11 is 0. The highest BCUT2D eigenvalue weighted by atomic mass is 28.4. The molecule has 13 nitrogen and oxygen atoms in total. The van der Waals surface area contributed by atoms with Gasteiger partial charge < -0.3 is 47.8 Å². The quantitative estimate of drug-likeness (QED) is 0.103. The molecular formula is C53H59NO12Si. The normalized spacial score (nSPS) is 28.5. The Balaban J connectivity index is 1.20. The van der Waals surface area contributed by atoms with Crippen LogP contribution in [0, 0.1) is 0 Å². The van der Waals surface area contributed by atoms with Gasteiger partial charge in [0.2, 0.25) is 0 Å². The van der Waals surface area contributed by atoms with Crippen molar-refractivity contribution in [3.8, 4) is 0 Å². The van der Waals surface area contributed by atoms with Crippen LogP contribution in [0.5, 0.6) is 0 Å². The molecule has 2 amide bonds. The highest BCUT2D eigenvalue weighted by Gasteiger charge is 2.61. The van der Waals surface area contributed by atoms with Crippen LogP contribution >= 0.6 is 0 Å². The maximum Gasteiger partial charge on any atom is 0.264 e. The van der Waals surface area contributed by atoms with Crippen LogP contribution in [0.4, 0.5) is 0 Å². The zero-order chi connectivity index (χ0) is 46.9. The molecule has 5 aromatic carbocycles. The summed E-state index contributed by atoms with van der Waals surface area (Å²) in [7, 11) is -3.54. The van der Waals surface area contributed by atoms with Crippen LogP contribution < -0.4 is 10.4 Å². The molecule has 0 bridgehead atoms. The predicted octanol–water partition coefficient (Wildman–Crippen LogP) is 5.74. The van der Waals surface area contributed by atoms with Crippen molar-refractivity contribution < 1.29 is 57.4 Å². The fourth-order valence-corrected chi connectivity index (χ4v) is 14.4. The molecule has 352 valence electrons. The van der Waals surface area contributed by atoms with E-state index < -0.39 is 92.3 Å². The van der Waals surface area contributed by atoms with Gasteiger partial charge in [0.15, 0.2) is 18.4 Å². The molecular weight excluding hydrogens is 871 g/mol. The summed E-state index contributed by atoms with van der Waals surface area (Å²) in [5.41, 5.74) is 2.17. The first kappa shape index (κ1) is 47.1. The molecule has 4 aliphatic heterocycles. The number of ether oxygens (including phenoxy) is 7. The molecule has 0 aliphatic carbocycles. The third-order valence-corrected chi connectivity index (χ3v) is 18.1. The molecule has 4 heterocycles. The molecule has 0 unspecified atom stereocenters. The zero-order valence-corrected chi connectivity index (χ0v) is 39.4. The first-order chi connectivity index (χ1) is 32.3. The number of carbonyl (C=O) groups is 2. The Morgan fingerprint density at radius 1 is 0.672 bits per heavy atom. The Morgan fingerprint density at radius 2 is 1.19 bits per heavy atom. The molecule has 9 rings (SSSR count). The third kappa shape index (κ3) is 9.46. The Bertz CT molecular complexity index is 2380. The average molecular weight is 930 g/mol. The van der Waals surface area contributed by atoms with Crippen LogP contribution in [0.1, 0.15) is 66.5 Å². The Kier molecular flexibility index (Phi) is 13.8. The van der Waals surface area contributed by atoms with Crippen molar-refractivity contribution >= 4 is 30.5 Å². The van der Waals surface area contributed by atoms with Crippen molar-refractivity contribution in [1.29, 1.82) is 0 Å². The van der Waals surface area contributed by atoms with Crippen molar-refractivity contribution in [2.75, 3.05) is 13.2 Å². The lowest BCUT2D eigenvalue weighted by Gasteiger charge is -2.54. The van der Waals surface area contributed by atoms with Crippen LogP contribution in [-0.4, -0.2) is 116 Å². The fraction of sp³-hybridized carbons (Fsp3) is 0.396. The molecule has 4 aliphatic rings. The number of benzene rings is 5. The van der Waals surface area contributed by atoms with Crippen LogP contribution in [0.15, 0.2) is 146 Å². The smallest absolute Gasteiger partial charge is 0.264 e. The summed E-state index contributed by atoms with van der Waals surface area (Å²) in [6, 6.07) is 44.7. The highest BCUT2D eigenvalue weighted by Crippen LogP contribution is 2.43. The van der Waals surface area contributed by atoms with E-state index in [4.69, 9.17) is 37.6 Å². The van der Waals surface area contributed by atoms with Gasteiger partial charge in [0.1, 0.15) is 48.8 Å². The molecule has 0 spiro atoms. The molecule has 0 radical (unpaired) electrons. The Hall–Kier alpha value is -4.94. The largest absolute Gasteiger partial charge is 0.387 e. The summed E-state index contributed by atoms with van der Waals surface area (Å²) < 4.78 is 53.9. The molecule has 67 heavy (non-hydrogen) atoms. The summed E-state index contributed by atoms with van der Waals surface area (Å²) in [5.74, 6) is -2.14. The van der Waals surface area contributed by atoms with E-state index >= 15 is 0 Å². The second-order valence-electron chi connectivity index (χ2n) is 19.0. The summed E-state index contributed by atoms with van der Waals surface area (Å²) in [6.45, 7) is 10.0. The molecule has 2 N–H and O–H groups in total. The third-order valence-electron chi connectivity index (χ3n) is 13.1. The van der Waals surface area contributed by atoms with Gasteiger partial charge in [-0.15, -0.1) is 0 Å². The van der Waals surface area contributed by atoms with E-state index in [1.165, 1.54) is 4.90 Å². The SMILES string of the molecule is CC1(C)OC[C@H]2O[C@@H](O[C@H]3[C@H](OCc4ccccc4)[C@@H](N4C(=O)c5ccccc5C4=O)[C@H](O[Si](c4ccccc4)(c4ccccc4)C(C)(C)C)O[C@@H]3COCc3ccccc3)[C@H](O)[C@@H](O)[C@H]2O1. The van der Waals surface area contributed by atoms with Crippen molar-refractivity contribution in [3.63, 3.8) is 0 Å². The Morgan fingerprint density at radius 3 is 1.75 bits per heavy atom. The Labute approximate surface area is 392 Å². The lowest BCUT2D eigenvalue weighted by Crippen LogP contribution is -2.74. The number of aliphatic hydroxyl groups is 2. The minimum Gasteiger partial charge on any atom is -0.387 e. The zero-order valence-electron chi connectivity index (χ0n) is 38.4. The fourth-order valence-electron chi connectivity index (χ4n) is 9.82. The number of amides is 2. The van der Waals surface area contributed by atoms with Crippen LogP contribution in [0.3, 0.4) is 0 Å². The first-order valence-corrected chi connectivity index (χ1v) is 24.8. The minimum absolute atomic E-state index is 0.0206. The minimum atomic E-state index is -3.54. The van der Waals surface area contributed by atoms with Gasteiger partial charge in [0, 0.05) is 0 Å². The number of fused-ring (bicyclic) bond motifs is 2. The van der Waals surface area contributed by atoms with Gasteiger partial charge in [-0.05, 0) is 52.5 Å². The van der Waals surface area contributed by atoms with Gasteiger partial charge in [0.25, 0.3) is 20.1 Å². The summed E-state index contributed by atoms with van der Waals surface area (Å²) in [4.78, 5) is 31.1. The van der Waals surface area contributed by atoms with Crippen molar-refractivity contribution in [1.82, 2.24) is 4.90 Å². The maximum absolute atomic E-state index is 14.9. The molecule has 0 aromatic heterocycles. The predicted molar refractivity (Wildman–Crippen MR) is 250 cm³/mol.